The van der Waals surface area contributed by atoms with Gasteiger partial charge in [-0.25, -0.2) is 14.8 Å². The van der Waals surface area contributed by atoms with Gasteiger partial charge in [0.15, 0.2) is 12.0 Å². The van der Waals surface area contributed by atoms with E-state index in [0.29, 0.717) is 69.3 Å². The minimum absolute atomic E-state index is 0.0537. The summed E-state index contributed by atoms with van der Waals surface area (Å²) < 4.78 is 11.0. The van der Waals surface area contributed by atoms with Gasteiger partial charge in [-0.1, -0.05) is 19.1 Å². The van der Waals surface area contributed by atoms with Crippen LogP contribution in [0.2, 0.25) is 0 Å². The summed E-state index contributed by atoms with van der Waals surface area (Å²) in [6.45, 7) is 7.26. The number of hydrogen-bond acceptors (Lipinski definition) is 8. The Balaban J connectivity index is 1.77. The molecule has 44 heavy (non-hydrogen) atoms. The maximum absolute atomic E-state index is 12.4. The number of hydrogen-bond donors (Lipinski definition) is 5. The Bertz CT molecular complexity index is 1680. The lowest BCUT2D eigenvalue weighted by atomic mass is 10.1. The average Bonchev–Trinajstić information content (AvgIpc) is 2.97. The van der Waals surface area contributed by atoms with Gasteiger partial charge in [-0.15, -0.1) is 0 Å². The van der Waals surface area contributed by atoms with Crippen LogP contribution in [0.25, 0.3) is 22.3 Å². The van der Waals surface area contributed by atoms with E-state index < -0.39 is 11.7 Å². The lowest BCUT2D eigenvalue weighted by molar-refractivity contribution is -0.116. The topological polar surface area (TPSA) is 160 Å². The van der Waals surface area contributed by atoms with Crippen molar-refractivity contribution < 1.29 is 29.6 Å². The molecule has 4 aromatic rings. The van der Waals surface area contributed by atoms with Gasteiger partial charge in [0.2, 0.25) is 5.91 Å². The fourth-order valence-corrected chi connectivity index (χ4v) is 4.56. The zero-order valence-corrected chi connectivity index (χ0v) is 25.7. The number of fused-ring (bicyclic) bond motifs is 1. The molecular formula is C33H39N6O5+. The molecule has 6 N–H and O–H groups in total. The van der Waals surface area contributed by atoms with Crippen LogP contribution in [-0.2, 0) is 16.0 Å². The van der Waals surface area contributed by atoms with Crippen LogP contribution in [0.1, 0.15) is 51.7 Å². The highest BCUT2D eigenvalue weighted by atomic mass is 16.6. The molecule has 230 valence electrons. The second-order valence-corrected chi connectivity index (χ2v) is 11.2. The summed E-state index contributed by atoms with van der Waals surface area (Å²) in [5.74, 6) is 1.46. The number of benzene rings is 3. The maximum atomic E-state index is 12.4. The smallest absolute Gasteiger partial charge is 0.412 e. The third-order valence-electron chi connectivity index (χ3n) is 6.49. The first-order valence-electron chi connectivity index (χ1n) is 14.4. The summed E-state index contributed by atoms with van der Waals surface area (Å²) >= 11 is 0. The number of nitrogens with two attached hydrogens (primary N) is 1. The van der Waals surface area contributed by atoms with Crippen molar-refractivity contribution in [1.29, 1.82) is 0 Å². The van der Waals surface area contributed by atoms with E-state index in [0.717, 1.165) is 12.0 Å². The van der Waals surface area contributed by atoms with Gasteiger partial charge in [0.05, 0.1) is 23.9 Å². The van der Waals surface area contributed by atoms with E-state index in [9.17, 15) is 14.7 Å². The zero-order valence-electron chi connectivity index (χ0n) is 25.7. The van der Waals surface area contributed by atoms with Crippen LogP contribution >= 0.6 is 0 Å². The Morgan fingerprint density at radius 2 is 1.82 bits per heavy atom. The number of carbonyl (C=O) groups excluding carboxylic acids is 2. The Hall–Kier alpha value is -5.03. The number of rotatable bonds is 11. The quantitative estimate of drug-likeness (QED) is 0.153. The number of ether oxygens (including phenoxy) is 2. The van der Waals surface area contributed by atoms with Crippen LogP contribution in [0.4, 0.5) is 27.7 Å². The number of carbonyl (C=O) groups is 2. The van der Waals surface area contributed by atoms with E-state index in [4.69, 9.17) is 24.9 Å². The molecule has 0 saturated carbocycles. The van der Waals surface area contributed by atoms with Crippen molar-refractivity contribution >= 4 is 52.0 Å². The molecule has 0 atom stereocenters. The molecule has 0 fully saturated rings. The van der Waals surface area contributed by atoms with Crippen LogP contribution in [-0.4, -0.2) is 52.6 Å². The predicted octanol–water partition coefficient (Wildman–Crippen LogP) is 4.85. The molecule has 2 amide bonds. The molecule has 0 saturated heterocycles. The number of methoxy groups -OCH3 is 1. The van der Waals surface area contributed by atoms with Gasteiger partial charge < -0.3 is 25.2 Å². The van der Waals surface area contributed by atoms with Crippen molar-refractivity contribution in [2.45, 2.75) is 52.6 Å². The first-order valence-corrected chi connectivity index (χ1v) is 14.4. The van der Waals surface area contributed by atoms with Gasteiger partial charge in [0, 0.05) is 41.4 Å². The molecule has 1 heterocycles. The molecule has 0 spiro atoms. The van der Waals surface area contributed by atoms with Gasteiger partial charge >= 0.3 is 6.09 Å². The van der Waals surface area contributed by atoms with Crippen molar-refractivity contribution in [3.05, 3.63) is 65.7 Å². The molecule has 0 radical (unpaired) electrons. The second kappa shape index (κ2) is 14.0. The molecule has 4 rings (SSSR count). The summed E-state index contributed by atoms with van der Waals surface area (Å²) in [6, 6.07) is 16.4. The lowest BCUT2D eigenvalue weighted by Gasteiger charge is -2.20. The van der Waals surface area contributed by atoms with Gasteiger partial charge in [0.1, 0.15) is 17.2 Å². The van der Waals surface area contributed by atoms with Crippen molar-refractivity contribution in [3.8, 4) is 17.1 Å². The number of aromatic nitrogens is 2. The minimum Gasteiger partial charge on any atom is -0.496 e. The van der Waals surface area contributed by atoms with Crippen molar-refractivity contribution in [2.24, 2.45) is 0 Å². The Morgan fingerprint density at radius 3 is 2.50 bits per heavy atom. The molecule has 1 aromatic heterocycles. The Labute approximate surface area is 256 Å². The van der Waals surface area contributed by atoms with E-state index in [1.54, 1.807) is 46.1 Å². The summed E-state index contributed by atoms with van der Waals surface area (Å²) in [4.78, 5) is 34.3. The summed E-state index contributed by atoms with van der Waals surface area (Å²) in [5.41, 5.74) is 3.82. The van der Waals surface area contributed by atoms with Crippen LogP contribution < -0.4 is 26.1 Å². The van der Waals surface area contributed by atoms with Crippen LogP contribution in [0.5, 0.6) is 5.75 Å². The SMILES string of the molecule is CCCC(=O)Nc1cccc(-c2nc(Nc3ccc(NC(=O)OC(C)(C)C)c(C=[NH2+])c3)c3cc(CCO)c(OC)cc3n2)c1. The van der Waals surface area contributed by atoms with Gasteiger partial charge in [-0.2, -0.15) is 0 Å². The van der Waals surface area contributed by atoms with E-state index in [-0.39, 0.29) is 12.5 Å². The van der Waals surface area contributed by atoms with Crippen LogP contribution in [0.15, 0.2) is 54.6 Å². The number of nitrogens with zero attached hydrogens (tertiary/aromatic N) is 2. The fraction of sp³-hybridized carbons (Fsp3) is 0.303. The third kappa shape index (κ3) is 8.07. The summed E-state index contributed by atoms with van der Waals surface area (Å²) in [7, 11) is 1.57. The number of anilines is 4. The van der Waals surface area contributed by atoms with Gasteiger partial charge in [-0.05, 0) is 75.6 Å². The van der Waals surface area contributed by atoms with Crippen LogP contribution in [0.3, 0.4) is 0 Å². The van der Waals surface area contributed by atoms with Crippen LogP contribution in [0, 0.1) is 0 Å². The molecule has 0 aliphatic carbocycles. The Kier molecular flexibility index (Phi) is 10.1. The average molecular weight is 600 g/mol. The molecule has 11 heteroatoms. The number of amides is 2. The van der Waals surface area contributed by atoms with E-state index in [2.05, 4.69) is 16.0 Å². The Morgan fingerprint density at radius 1 is 1.02 bits per heavy atom. The monoisotopic (exact) mass is 599 g/mol. The molecular weight excluding hydrogens is 560 g/mol. The van der Waals surface area contributed by atoms with Crippen molar-refractivity contribution in [3.63, 3.8) is 0 Å². The first-order chi connectivity index (χ1) is 21.0. The van der Waals surface area contributed by atoms with E-state index in [1.807, 2.05) is 43.3 Å². The van der Waals surface area contributed by atoms with Crippen molar-refractivity contribution in [1.82, 2.24) is 9.97 Å². The summed E-state index contributed by atoms with van der Waals surface area (Å²) in [6.07, 6.45) is 2.36. The van der Waals surface area contributed by atoms with Crippen molar-refractivity contribution in [2.75, 3.05) is 29.7 Å². The molecule has 3 aromatic carbocycles. The highest BCUT2D eigenvalue weighted by molar-refractivity contribution is 5.97. The fourth-order valence-electron chi connectivity index (χ4n) is 4.56. The highest BCUT2D eigenvalue weighted by Gasteiger charge is 2.19. The highest BCUT2D eigenvalue weighted by Crippen LogP contribution is 2.34. The number of nitrogens with one attached hydrogen (secondary N) is 3. The molecule has 11 nitrogen and oxygen atoms in total. The van der Waals surface area contributed by atoms with E-state index >= 15 is 0 Å². The number of aliphatic hydroxyl groups excluding tert-OH is 1. The van der Waals surface area contributed by atoms with E-state index in [1.165, 1.54) is 6.21 Å². The maximum Gasteiger partial charge on any atom is 0.412 e. The number of aliphatic hydroxyl groups is 1. The minimum atomic E-state index is -0.651. The molecule has 0 aliphatic rings. The first kappa shape index (κ1) is 31.9. The normalized spacial score (nSPS) is 11.1. The second-order valence-electron chi connectivity index (χ2n) is 11.2. The standard InChI is InChI=1S/C33H38N6O5/c1-6-8-29(41)35-23-10-7-9-21(15-23)30-37-27-18-28(43-5)20(13-14-40)17-25(27)31(39-30)36-24-11-12-26(22(16-24)19-34)38-32(42)44-33(2,3)4/h7,9-12,15-19,34,40H,6,8,13-14H2,1-5H3,(H,35,41)(H,38,42)(H,36,37,39)/p+1. The van der Waals surface area contributed by atoms with Gasteiger partial charge in [0.25, 0.3) is 0 Å². The molecule has 0 unspecified atom stereocenters. The third-order valence-corrected chi connectivity index (χ3v) is 6.49. The molecule has 0 aliphatic heterocycles. The zero-order chi connectivity index (χ0) is 31.9. The lowest BCUT2D eigenvalue weighted by Crippen LogP contribution is -2.31. The predicted molar refractivity (Wildman–Crippen MR) is 173 cm³/mol. The van der Waals surface area contributed by atoms with Gasteiger partial charge in [-0.3, -0.25) is 15.5 Å². The summed E-state index contributed by atoms with van der Waals surface area (Å²) in [5, 5.41) is 25.3. The largest absolute Gasteiger partial charge is 0.496 e. The molecule has 0 bridgehead atoms.